The van der Waals surface area contributed by atoms with Crippen LogP contribution in [-0.4, -0.2) is 72.2 Å². The molecule has 1 aromatic rings. The van der Waals surface area contributed by atoms with E-state index in [0.717, 1.165) is 38.0 Å². The van der Waals surface area contributed by atoms with E-state index in [1.807, 2.05) is 43.9 Å². The number of likely N-dealkylation sites (tertiary alicyclic amines) is 1. The van der Waals surface area contributed by atoms with E-state index in [4.69, 9.17) is 9.84 Å². The molecule has 0 spiro atoms. The molecule has 2 rings (SSSR count). The third-order valence-electron chi connectivity index (χ3n) is 5.30. The number of aliphatic carboxylic acids is 1. The number of carbonyl (C=O) groups is 2. The highest BCUT2D eigenvalue weighted by Crippen LogP contribution is 2.26. The number of rotatable bonds is 8. The molecule has 0 saturated carbocycles. The molecule has 0 aromatic heterocycles. The minimum atomic E-state index is -0.792. The summed E-state index contributed by atoms with van der Waals surface area (Å²) >= 11 is 0. The summed E-state index contributed by atoms with van der Waals surface area (Å²) in [6.45, 7) is 8.22. The van der Waals surface area contributed by atoms with E-state index in [9.17, 15) is 9.59 Å². The van der Waals surface area contributed by atoms with Gasteiger partial charge in [-0.2, -0.15) is 0 Å². The Morgan fingerprint density at radius 1 is 1.36 bits per heavy atom. The first-order valence-corrected chi connectivity index (χ1v) is 9.51. The summed E-state index contributed by atoms with van der Waals surface area (Å²) < 4.78 is 5.33. The number of piperidine rings is 1. The SMILES string of the molecule is CCN(CC(=O)O)C1CCN(C(C)C(=O)Nc2cc(C)ccc2OC)CC1.Cl. The molecule has 8 heteroatoms. The van der Waals surface area contributed by atoms with E-state index in [2.05, 4.69) is 10.2 Å². The van der Waals surface area contributed by atoms with Crippen LogP contribution in [0.25, 0.3) is 0 Å². The maximum Gasteiger partial charge on any atom is 0.317 e. The van der Waals surface area contributed by atoms with Gasteiger partial charge in [0.15, 0.2) is 0 Å². The van der Waals surface area contributed by atoms with Crippen LogP contribution in [0.5, 0.6) is 5.75 Å². The minimum Gasteiger partial charge on any atom is -0.495 e. The van der Waals surface area contributed by atoms with Crippen LogP contribution >= 0.6 is 12.4 Å². The number of hydrogen-bond acceptors (Lipinski definition) is 5. The summed E-state index contributed by atoms with van der Waals surface area (Å²) in [6.07, 6.45) is 1.74. The molecule has 1 unspecified atom stereocenters. The Bertz CT molecular complexity index is 663. The number of methoxy groups -OCH3 is 1. The summed E-state index contributed by atoms with van der Waals surface area (Å²) in [6, 6.07) is 5.70. The van der Waals surface area contributed by atoms with Crippen LogP contribution in [0.4, 0.5) is 5.69 Å². The van der Waals surface area contributed by atoms with Crippen LogP contribution in [0.15, 0.2) is 18.2 Å². The number of nitrogens with zero attached hydrogens (tertiary/aromatic N) is 2. The predicted molar refractivity (Wildman–Crippen MR) is 113 cm³/mol. The highest BCUT2D eigenvalue weighted by Gasteiger charge is 2.29. The number of anilines is 1. The minimum absolute atomic E-state index is 0. The first-order chi connectivity index (χ1) is 12.8. The first kappa shape index (κ1) is 24.2. The second kappa shape index (κ2) is 11.2. The number of benzene rings is 1. The van der Waals surface area contributed by atoms with E-state index >= 15 is 0 Å². The Balaban J connectivity index is 0.00000392. The molecule has 28 heavy (non-hydrogen) atoms. The lowest BCUT2D eigenvalue weighted by molar-refractivity contribution is -0.139. The molecule has 1 atom stereocenters. The lowest BCUT2D eigenvalue weighted by atomic mass is 10.0. The number of carboxylic acids is 1. The van der Waals surface area contributed by atoms with E-state index in [-0.39, 0.29) is 36.9 Å². The van der Waals surface area contributed by atoms with Crippen molar-refractivity contribution >= 4 is 30.0 Å². The van der Waals surface area contributed by atoms with Gasteiger partial charge in [-0.05, 0) is 50.9 Å². The zero-order valence-corrected chi connectivity index (χ0v) is 17.9. The van der Waals surface area contributed by atoms with E-state index < -0.39 is 5.97 Å². The monoisotopic (exact) mass is 413 g/mol. The average Bonchev–Trinajstić information content (AvgIpc) is 2.65. The van der Waals surface area contributed by atoms with Gasteiger partial charge in [-0.3, -0.25) is 19.4 Å². The van der Waals surface area contributed by atoms with Crippen molar-refractivity contribution in [1.29, 1.82) is 0 Å². The number of likely N-dealkylation sites (N-methyl/N-ethyl adjacent to an activating group) is 1. The number of carbonyl (C=O) groups excluding carboxylic acids is 1. The number of carboxylic acid groups (broad SMARTS) is 1. The van der Waals surface area contributed by atoms with Crippen LogP contribution in [0.2, 0.25) is 0 Å². The van der Waals surface area contributed by atoms with Gasteiger partial charge in [0.25, 0.3) is 0 Å². The molecule has 1 aliphatic rings. The molecule has 158 valence electrons. The number of aryl methyl sites for hydroxylation is 1. The third-order valence-corrected chi connectivity index (χ3v) is 5.30. The summed E-state index contributed by atoms with van der Waals surface area (Å²) in [4.78, 5) is 27.9. The molecule has 1 fully saturated rings. The van der Waals surface area contributed by atoms with Crippen LogP contribution in [-0.2, 0) is 9.59 Å². The summed E-state index contributed by atoms with van der Waals surface area (Å²) in [5.74, 6) is -0.207. The van der Waals surface area contributed by atoms with Crippen LogP contribution in [0, 0.1) is 6.92 Å². The molecule has 2 N–H and O–H groups in total. The first-order valence-electron chi connectivity index (χ1n) is 9.51. The molecule has 1 heterocycles. The van der Waals surface area contributed by atoms with Crippen molar-refractivity contribution < 1.29 is 19.4 Å². The van der Waals surface area contributed by atoms with Gasteiger partial charge in [0.05, 0.1) is 25.4 Å². The molecule has 1 aromatic carbocycles. The smallest absolute Gasteiger partial charge is 0.317 e. The van der Waals surface area contributed by atoms with Crippen LogP contribution in [0.3, 0.4) is 0 Å². The number of ether oxygens (including phenoxy) is 1. The summed E-state index contributed by atoms with van der Waals surface area (Å²) in [5, 5.41) is 12.0. The molecular weight excluding hydrogens is 382 g/mol. The van der Waals surface area contributed by atoms with Crippen molar-refractivity contribution in [3.8, 4) is 5.75 Å². The van der Waals surface area contributed by atoms with Gasteiger partial charge in [-0.1, -0.05) is 13.0 Å². The average molecular weight is 414 g/mol. The maximum atomic E-state index is 12.7. The normalized spacial score (nSPS) is 16.3. The Morgan fingerprint density at radius 3 is 2.54 bits per heavy atom. The van der Waals surface area contributed by atoms with E-state index in [1.54, 1.807) is 7.11 Å². The van der Waals surface area contributed by atoms with Gasteiger partial charge in [0.2, 0.25) is 5.91 Å². The summed E-state index contributed by atoms with van der Waals surface area (Å²) in [7, 11) is 1.59. The van der Waals surface area contributed by atoms with Crippen LogP contribution in [0.1, 0.15) is 32.3 Å². The number of nitrogens with one attached hydrogen (secondary N) is 1. The lowest BCUT2D eigenvalue weighted by Gasteiger charge is -2.39. The van der Waals surface area contributed by atoms with Gasteiger partial charge in [0, 0.05) is 19.1 Å². The molecular formula is C20H32ClN3O4. The highest BCUT2D eigenvalue weighted by atomic mass is 35.5. The molecule has 0 aliphatic carbocycles. The highest BCUT2D eigenvalue weighted by molar-refractivity contribution is 5.96. The van der Waals surface area contributed by atoms with Gasteiger partial charge in [-0.15, -0.1) is 12.4 Å². The zero-order valence-electron chi connectivity index (χ0n) is 17.1. The van der Waals surface area contributed by atoms with Crippen molar-refractivity contribution in [2.24, 2.45) is 0 Å². The molecule has 7 nitrogen and oxygen atoms in total. The molecule has 0 radical (unpaired) electrons. The fourth-order valence-electron chi connectivity index (χ4n) is 3.63. The van der Waals surface area contributed by atoms with E-state index in [0.29, 0.717) is 11.4 Å². The largest absolute Gasteiger partial charge is 0.495 e. The van der Waals surface area contributed by atoms with Crippen LogP contribution < -0.4 is 10.1 Å². The Labute approximate surface area is 173 Å². The van der Waals surface area contributed by atoms with Crippen molar-refractivity contribution in [1.82, 2.24) is 9.80 Å². The quantitative estimate of drug-likeness (QED) is 0.681. The Hall–Kier alpha value is -1.83. The van der Waals surface area contributed by atoms with Gasteiger partial charge in [-0.25, -0.2) is 0 Å². The number of hydrogen-bond donors (Lipinski definition) is 2. The van der Waals surface area contributed by atoms with Gasteiger partial charge >= 0.3 is 5.97 Å². The van der Waals surface area contributed by atoms with Crippen molar-refractivity contribution in [3.05, 3.63) is 23.8 Å². The topological polar surface area (TPSA) is 82.1 Å². The van der Waals surface area contributed by atoms with Gasteiger partial charge < -0.3 is 15.2 Å². The number of amides is 1. The second-order valence-corrected chi connectivity index (χ2v) is 7.09. The molecule has 0 bridgehead atoms. The fraction of sp³-hybridized carbons (Fsp3) is 0.600. The molecule has 1 aliphatic heterocycles. The van der Waals surface area contributed by atoms with Crippen molar-refractivity contribution in [3.63, 3.8) is 0 Å². The van der Waals surface area contributed by atoms with Gasteiger partial charge in [0.1, 0.15) is 5.75 Å². The second-order valence-electron chi connectivity index (χ2n) is 7.09. The third kappa shape index (κ3) is 6.36. The maximum absolute atomic E-state index is 12.7. The van der Waals surface area contributed by atoms with Crippen molar-refractivity contribution in [2.45, 2.75) is 45.7 Å². The fourth-order valence-corrected chi connectivity index (χ4v) is 3.63. The predicted octanol–water partition coefficient (Wildman–Crippen LogP) is 2.62. The van der Waals surface area contributed by atoms with Crippen molar-refractivity contribution in [2.75, 3.05) is 38.6 Å². The van der Waals surface area contributed by atoms with E-state index in [1.165, 1.54) is 0 Å². The summed E-state index contributed by atoms with van der Waals surface area (Å²) in [5.41, 5.74) is 1.74. The Morgan fingerprint density at radius 2 is 2.00 bits per heavy atom. The standard InChI is InChI=1S/C20H31N3O4.ClH/c1-5-22(13-19(24)25)16-8-10-23(11-9-16)15(3)20(26)21-17-12-14(2)6-7-18(17)27-4;/h6-7,12,15-16H,5,8-11,13H2,1-4H3,(H,21,26)(H,24,25);1H. The number of halogens is 1. The molecule has 1 saturated heterocycles. The Kier molecular flexibility index (Phi) is 9.72. The molecule has 1 amide bonds. The zero-order chi connectivity index (χ0) is 20.0. The lowest BCUT2D eigenvalue weighted by Crippen LogP contribution is -2.51.